The standard InChI is InChI=1S/C13H18N4O3/c1-15(2)13(18)10-3-4-11(12(9-10)17(19)20)16-7-5-14-6-8-16/h3-4,9,14H,5-8H2,1-2H3. The molecule has 108 valence electrons. The fourth-order valence-electron chi connectivity index (χ4n) is 2.23. The lowest BCUT2D eigenvalue weighted by atomic mass is 10.1. The fraction of sp³-hybridized carbons (Fsp3) is 0.462. The van der Waals surface area contributed by atoms with Crippen molar-refractivity contribution in [2.45, 2.75) is 0 Å². The lowest BCUT2D eigenvalue weighted by Gasteiger charge is -2.29. The topological polar surface area (TPSA) is 78.7 Å². The van der Waals surface area contributed by atoms with E-state index in [0.717, 1.165) is 26.2 Å². The second kappa shape index (κ2) is 5.87. The fourth-order valence-corrected chi connectivity index (χ4v) is 2.23. The molecule has 2 rings (SSSR count). The van der Waals surface area contributed by atoms with Crippen LogP contribution in [-0.2, 0) is 0 Å². The molecule has 0 aromatic heterocycles. The summed E-state index contributed by atoms with van der Waals surface area (Å²) in [5.74, 6) is -0.236. The first-order chi connectivity index (χ1) is 9.50. The number of piperazine rings is 1. The molecule has 1 aromatic carbocycles. The normalized spacial score (nSPS) is 15.0. The van der Waals surface area contributed by atoms with Gasteiger partial charge in [-0.05, 0) is 12.1 Å². The Morgan fingerprint density at radius 3 is 2.55 bits per heavy atom. The van der Waals surface area contributed by atoms with E-state index in [1.165, 1.54) is 11.0 Å². The summed E-state index contributed by atoms with van der Waals surface area (Å²) in [6.45, 7) is 3.05. The Bertz CT molecular complexity index is 524. The van der Waals surface area contributed by atoms with Gasteiger partial charge in [0.15, 0.2) is 0 Å². The second-order valence-corrected chi connectivity index (χ2v) is 4.90. The molecule has 0 radical (unpaired) electrons. The highest BCUT2D eigenvalue weighted by Gasteiger charge is 2.23. The van der Waals surface area contributed by atoms with Crippen LogP contribution < -0.4 is 10.2 Å². The largest absolute Gasteiger partial charge is 0.363 e. The molecule has 0 spiro atoms. The van der Waals surface area contributed by atoms with Crippen molar-refractivity contribution < 1.29 is 9.72 Å². The average molecular weight is 278 g/mol. The molecule has 7 heteroatoms. The van der Waals surface area contributed by atoms with Crippen LogP contribution in [0.5, 0.6) is 0 Å². The highest BCUT2D eigenvalue weighted by Crippen LogP contribution is 2.29. The Morgan fingerprint density at radius 1 is 1.35 bits per heavy atom. The second-order valence-electron chi connectivity index (χ2n) is 4.90. The molecule has 1 aromatic rings. The Kier molecular flexibility index (Phi) is 4.19. The molecule has 0 aliphatic carbocycles. The molecule has 1 fully saturated rings. The van der Waals surface area contributed by atoms with E-state index in [-0.39, 0.29) is 11.6 Å². The van der Waals surface area contributed by atoms with Gasteiger partial charge in [-0.1, -0.05) is 0 Å². The summed E-state index contributed by atoms with van der Waals surface area (Å²) in [5.41, 5.74) is 0.895. The molecule has 0 bridgehead atoms. The van der Waals surface area contributed by atoms with E-state index < -0.39 is 4.92 Å². The van der Waals surface area contributed by atoms with Gasteiger partial charge in [0.1, 0.15) is 5.69 Å². The van der Waals surface area contributed by atoms with Crippen LogP contribution in [0.2, 0.25) is 0 Å². The van der Waals surface area contributed by atoms with Gasteiger partial charge in [0, 0.05) is 51.9 Å². The van der Waals surface area contributed by atoms with Crippen molar-refractivity contribution in [1.29, 1.82) is 0 Å². The third-order valence-electron chi connectivity index (χ3n) is 3.28. The van der Waals surface area contributed by atoms with E-state index in [9.17, 15) is 14.9 Å². The number of nitrogens with one attached hydrogen (secondary N) is 1. The predicted molar refractivity (Wildman–Crippen MR) is 76.2 cm³/mol. The SMILES string of the molecule is CN(C)C(=O)c1ccc(N2CCNCC2)c([N+](=O)[O-])c1. The molecule has 1 heterocycles. The summed E-state index contributed by atoms with van der Waals surface area (Å²) in [6, 6.07) is 4.67. The van der Waals surface area contributed by atoms with Crippen LogP contribution in [0.4, 0.5) is 11.4 Å². The maximum absolute atomic E-state index is 11.9. The summed E-state index contributed by atoms with van der Waals surface area (Å²) in [4.78, 5) is 26.1. The van der Waals surface area contributed by atoms with Crippen LogP contribution in [0.25, 0.3) is 0 Å². The number of nitrogens with zero attached hydrogens (tertiary/aromatic N) is 3. The number of hydrogen-bond donors (Lipinski definition) is 1. The smallest absolute Gasteiger partial charge is 0.293 e. The van der Waals surface area contributed by atoms with Crippen LogP contribution in [0.3, 0.4) is 0 Å². The summed E-state index contributed by atoms with van der Waals surface area (Å²) >= 11 is 0. The number of benzene rings is 1. The van der Waals surface area contributed by atoms with Gasteiger partial charge >= 0.3 is 0 Å². The van der Waals surface area contributed by atoms with Crippen molar-refractivity contribution in [3.05, 3.63) is 33.9 Å². The van der Waals surface area contributed by atoms with E-state index >= 15 is 0 Å². The lowest BCUT2D eigenvalue weighted by Crippen LogP contribution is -2.43. The minimum absolute atomic E-state index is 0.0143. The van der Waals surface area contributed by atoms with Gasteiger partial charge in [0.25, 0.3) is 11.6 Å². The molecule has 1 aliphatic rings. The third kappa shape index (κ3) is 2.88. The van der Waals surface area contributed by atoms with E-state index in [4.69, 9.17) is 0 Å². The van der Waals surface area contributed by atoms with E-state index in [2.05, 4.69) is 5.32 Å². The molecule has 0 saturated carbocycles. The quantitative estimate of drug-likeness (QED) is 0.650. The minimum Gasteiger partial charge on any atom is -0.363 e. The predicted octanol–water partition coefficient (Wildman–Crippen LogP) is 0.706. The van der Waals surface area contributed by atoms with Crippen LogP contribution in [0.15, 0.2) is 18.2 Å². The van der Waals surface area contributed by atoms with Gasteiger partial charge in [-0.2, -0.15) is 0 Å². The number of amides is 1. The van der Waals surface area contributed by atoms with E-state index in [1.54, 1.807) is 26.2 Å². The van der Waals surface area contributed by atoms with Gasteiger partial charge in [-0.3, -0.25) is 14.9 Å². The van der Waals surface area contributed by atoms with Gasteiger partial charge in [-0.15, -0.1) is 0 Å². The number of rotatable bonds is 3. The Labute approximate surface area is 117 Å². The molecule has 20 heavy (non-hydrogen) atoms. The van der Waals surface area contributed by atoms with Gasteiger partial charge < -0.3 is 15.1 Å². The van der Waals surface area contributed by atoms with E-state index in [0.29, 0.717) is 11.3 Å². The van der Waals surface area contributed by atoms with Gasteiger partial charge in [0.05, 0.1) is 4.92 Å². The molecule has 1 aliphatic heterocycles. The lowest BCUT2D eigenvalue weighted by molar-refractivity contribution is -0.384. The number of anilines is 1. The Balaban J connectivity index is 2.37. The van der Waals surface area contributed by atoms with Crippen LogP contribution in [-0.4, -0.2) is 56.0 Å². The van der Waals surface area contributed by atoms with Crippen molar-refractivity contribution >= 4 is 17.3 Å². The molecule has 0 atom stereocenters. The number of nitro benzene ring substituents is 1. The Morgan fingerprint density at radius 2 is 2.00 bits per heavy atom. The molecule has 1 saturated heterocycles. The summed E-state index contributed by atoms with van der Waals surface area (Å²) in [6.07, 6.45) is 0. The van der Waals surface area contributed by atoms with E-state index in [1.807, 2.05) is 4.90 Å². The highest BCUT2D eigenvalue weighted by atomic mass is 16.6. The number of carbonyl (C=O) groups is 1. The first-order valence-corrected chi connectivity index (χ1v) is 6.46. The average Bonchev–Trinajstić information content (AvgIpc) is 2.46. The van der Waals surface area contributed by atoms with Gasteiger partial charge in [0.2, 0.25) is 0 Å². The zero-order chi connectivity index (χ0) is 14.7. The number of carbonyl (C=O) groups excluding carboxylic acids is 1. The first-order valence-electron chi connectivity index (χ1n) is 6.46. The maximum atomic E-state index is 11.9. The zero-order valence-electron chi connectivity index (χ0n) is 11.6. The van der Waals surface area contributed by atoms with Crippen LogP contribution in [0.1, 0.15) is 10.4 Å². The highest BCUT2D eigenvalue weighted by molar-refractivity contribution is 5.95. The van der Waals surface area contributed by atoms with Crippen molar-refractivity contribution in [2.75, 3.05) is 45.2 Å². The van der Waals surface area contributed by atoms with Gasteiger partial charge in [-0.25, -0.2) is 0 Å². The molecule has 1 amide bonds. The minimum atomic E-state index is -0.427. The summed E-state index contributed by atoms with van der Waals surface area (Å²) in [5, 5.41) is 14.5. The maximum Gasteiger partial charge on any atom is 0.293 e. The molecule has 1 N–H and O–H groups in total. The summed E-state index contributed by atoms with van der Waals surface area (Å²) in [7, 11) is 3.25. The monoisotopic (exact) mass is 278 g/mol. The van der Waals surface area contributed by atoms with Crippen molar-refractivity contribution in [3.63, 3.8) is 0 Å². The van der Waals surface area contributed by atoms with Crippen LogP contribution in [0, 0.1) is 10.1 Å². The number of nitro groups is 1. The molecular formula is C13H18N4O3. The van der Waals surface area contributed by atoms with Crippen molar-refractivity contribution in [3.8, 4) is 0 Å². The van der Waals surface area contributed by atoms with Crippen molar-refractivity contribution in [2.24, 2.45) is 0 Å². The molecule has 7 nitrogen and oxygen atoms in total. The first kappa shape index (κ1) is 14.3. The molecule has 0 unspecified atom stereocenters. The number of hydrogen-bond acceptors (Lipinski definition) is 5. The third-order valence-corrected chi connectivity index (χ3v) is 3.28. The van der Waals surface area contributed by atoms with Crippen molar-refractivity contribution in [1.82, 2.24) is 10.2 Å². The Hall–Kier alpha value is -2.15. The van der Waals surface area contributed by atoms with Crippen LogP contribution >= 0.6 is 0 Å². The zero-order valence-corrected chi connectivity index (χ0v) is 11.6. The molecular weight excluding hydrogens is 260 g/mol. The summed E-state index contributed by atoms with van der Waals surface area (Å²) < 4.78 is 0.